The lowest BCUT2D eigenvalue weighted by molar-refractivity contribution is -0.129. The monoisotopic (exact) mass is 284 g/mol. The van der Waals surface area contributed by atoms with Crippen LogP contribution in [0.4, 0.5) is 5.69 Å². The van der Waals surface area contributed by atoms with Crippen molar-refractivity contribution < 1.29 is 9.53 Å². The largest absolute Gasteiger partial charge is 0.492 e. The first-order valence-electron chi connectivity index (χ1n) is 6.91. The fourth-order valence-electron chi connectivity index (χ4n) is 1.89. The van der Waals surface area contributed by atoms with Crippen LogP contribution in [-0.4, -0.2) is 31.0 Å². The van der Waals surface area contributed by atoms with Crippen molar-refractivity contribution in [3.8, 4) is 5.75 Å². The third kappa shape index (κ3) is 4.84. The van der Waals surface area contributed by atoms with Gasteiger partial charge in [0.1, 0.15) is 12.4 Å². The van der Waals surface area contributed by atoms with Crippen LogP contribution in [0.5, 0.6) is 5.75 Å². The molecule has 4 nitrogen and oxygen atoms in total. The number of rotatable bonds is 6. The van der Waals surface area contributed by atoms with Crippen molar-refractivity contribution in [2.24, 2.45) is 0 Å². The van der Waals surface area contributed by atoms with Crippen molar-refractivity contribution >= 4 is 11.6 Å². The van der Waals surface area contributed by atoms with E-state index in [1.54, 1.807) is 24.1 Å². The molecule has 0 heterocycles. The molecule has 2 aromatic carbocycles. The standard InChI is InChI=1S/C17H20N2O2/c1-19(11-12-21-16-5-3-2-4-6-16)17(20)13-14-7-9-15(18)10-8-14/h2-10H,11-13,18H2,1H3. The average molecular weight is 284 g/mol. The summed E-state index contributed by atoms with van der Waals surface area (Å²) in [6, 6.07) is 16.9. The minimum absolute atomic E-state index is 0.0661. The molecule has 0 bridgehead atoms. The van der Waals surface area contributed by atoms with Crippen molar-refractivity contribution in [3.05, 3.63) is 60.2 Å². The zero-order valence-corrected chi connectivity index (χ0v) is 12.2. The number of benzene rings is 2. The summed E-state index contributed by atoms with van der Waals surface area (Å²) in [6.07, 6.45) is 0.377. The molecular weight excluding hydrogens is 264 g/mol. The van der Waals surface area contributed by atoms with E-state index in [2.05, 4.69) is 0 Å². The van der Waals surface area contributed by atoms with Gasteiger partial charge in [-0.1, -0.05) is 30.3 Å². The highest BCUT2D eigenvalue weighted by Crippen LogP contribution is 2.09. The van der Waals surface area contributed by atoms with Gasteiger partial charge in [0.15, 0.2) is 0 Å². The fourth-order valence-corrected chi connectivity index (χ4v) is 1.89. The van der Waals surface area contributed by atoms with Gasteiger partial charge in [0.25, 0.3) is 0 Å². The SMILES string of the molecule is CN(CCOc1ccccc1)C(=O)Cc1ccc(N)cc1. The molecular formula is C17H20N2O2. The molecule has 4 heteroatoms. The van der Waals surface area contributed by atoms with Crippen molar-refractivity contribution in [3.63, 3.8) is 0 Å². The molecule has 0 atom stereocenters. The second kappa shape index (κ2) is 7.33. The first-order chi connectivity index (χ1) is 10.1. The number of carbonyl (C=O) groups excluding carboxylic acids is 1. The molecule has 0 aliphatic carbocycles. The number of hydrogen-bond acceptors (Lipinski definition) is 3. The number of nitrogen functional groups attached to an aromatic ring is 1. The Balaban J connectivity index is 1.76. The van der Waals surface area contributed by atoms with Gasteiger partial charge in [0, 0.05) is 12.7 Å². The molecule has 2 N–H and O–H groups in total. The van der Waals surface area contributed by atoms with Gasteiger partial charge < -0.3 is 15.4 Å². The Kier molecular flexibility index (Phi) is 5.21. The average Bonchev–Trinajstić information content (AvgIpc) is 2.50. The number of carbonyl (C=O) groups is 1. The van der Waals surface area contributed by atoms with Crippen LogP contribution in [0.2, 0.25) is 0 Å². The van der Waals surface area contributed by atoms with Crippen molar-refractivity contribution in [1.82, 2.24) is 4.90 Å². The quantitative estimate of drug-likeness (QED) is 0.828. The van der Waals surface area contributed by atoms with Crippen LogP contribution in [0.3, 0.4) is 0 Å². The number of nitrogens with zero attached hydrogens (tertiary/aromatic N) is 1. The summed E-state index contributed by atoms with van der Waals surface area (Å²) in [6.45, 7) is 1.04. The number of para-hydroxylation sites is 1. The number of likely N-dealkylation sites (N-methyl/N-ethyl adjacent to an activating group) is 1. The molecule has 21 heavy (non-hydrogen) atoms. The topological polar surface area (TPSA) is 55.6 Å². The molecule has 0 radical (unpaired) electrons. The van der Waals surface area contributed by atoms with Gasteiger partial charge in [0.05, 0.1) is 13.0 Å². The number of amides is 1. The number of hydrogen-bond donors (Lipinski definition) is 1. The Bertz CT molecular complexity index is 567. The van der Waals surface area contributed by atoms with Gasteiger partial charge in [-0.3, -0.25) is 4.79 Å². The predicted molar refractivity (Wildman–Crippen MR) is 84.1 cm³/mol. The zero-order chi connectivity index (χ0) is 15.1. The number of nitrogens with two attached hydrogens (primary N) is 1. The summed E-state index contributed by atoms with van der Waals surface area (Å²) < 4.78 is 5.58. The minimum Gasteiger partial charge on any atom is -0.492 e. The molecule has 1 amide bonds. The van der Waals surface area contributed by atoms with E-state index in [0.29, 0.717) is 25.3 Å². The maximum Gasteiger partial charge on any atom is 0.226 e. The number of anilines is 1. The first-order valence-corrected chi connectivity index (χ1v) is 6.91. The van der Waals surface area contributed by atoms with Gasteiger partial charge in [-0.25, -0.2) is 0 Å². The maximum atomic E-state index is 12.1. The van der Waals surface area contributed by atoms with Crippen LogP contribution in [0.1, 0.15) is 5.56 Å². The Labute approximate surface area is 125 Å². The molecule has 0 spiro atoms. The highest BCUT2D eigenvalue weighted by molar-refractivity contribution is 5.78. The molecule has 110 valence electrons. The second-order valence-corrected chi connectivity index (χ2v) is 4.90. The summed E-state index contributed by atoms with van der Waals surface area (Å²) in [5.41, 5.74) is 7.29. The van der Waals surface area contributed by atoms with Crippen LogP contribution in [0, 0.1) is 0 Å². The lowest BCUT2D eigenvalue weighted by atomic mass is 10.1. The molecule has 0 aliphatic heterocycles. The maximum absolute atomic E-state index is 12.1. The normalized spacial score (nSPS) is 10.1. The van der Waals surface area contributed by atoms with E-state index in [4.69, 9.17) is 10.5 Å². The molecule has 0 aliphatic rings. The summed E-state index contributed by atoms with van der Waals surface area (Å²) in [7, 11) is 1.79. The van der Waals surface area contributed by atoms with E-state index in [9.17, 15) is 4.79 Å². The Morgan fingerprint density at radius 2 is 1.76 bits per heavy atom. The van der Waals surface area contributed by atoms with E-state index < -0.39 is 0 Å². The molecule has 0 saturated heterocycles. The van der Waals surface area contributed by atoms with E-state index in [1.807, 2.05) is 42.5 Å². The molecule has 2 aromatic rings. The summed E-state index contributed by atoms with van der Waals surface area (Å²) in [4.78, 5) is 13.8. The summed E-state index contributed by atoms with van der Waals surface area (Å²) in [5.74, 6) is 0.883. The van der Waals surface area contributed by atoms with Gasteiger partial charge in [-0.15, -0.1) is 0 Å². The van der Waals surface area contributed by atoms with Gasteiger partial charge in [0.2, 0.25) is 5.91 Å². The Morgan fingerprint density at radius 1 is 1.10 bits per heavy atom. The predicted octanol–water partition coefficient (Wildman–Crippen LogP) is 2.35. The van der Waals surface area contributed by atoms with Crippen LogP contribution in [0.15, 0.2) is 54.6 Å². The molecule has 0 aromatic heterocycles. The van der Waals surface area contributed by atoms with Crippen molar-refractivity contribution in [2.45, 2.75) is 6.42 Å². The molecule has 2 rings (SSSR count). The third-order valence-corrected chi connectivity index (χ3v) is 3.20. The summed E-state index contributed by atoms with van der Waals surface area (Å²) >= 11 is 0. The Hall–Kier alpha value is -2.49. The van der Waals surface area contributed by atoms with Gasteiger partial charge >= 0.3 is 0 Å². The van der Waals surface area contributed by atoms with Crippen LogP contribution >= 0.6 is 0 Å². The van der Waals surface area contributed by atoms with Gasteiger partial charge in [-0.2, -0.15) is 0 Å². The van der Waals surface area contributed by atoms with Gasteiger partial charge in [-0.05, 0) is 29.8 Å². The molecule has 0 fully saturated rings. The van der Waals surface area contributed by atoms with E-state index in [1.165, 1.54) is 0 Å². The minimum atomic E-state index is 0.0661. The van der Waals surface area contributed by atoms with Crippen LogP contribution < -0.4 is 10.5 Å². The fraction of sp³-hybridized carbons (Fsp3) is 0.235. The lowest BCUT2D eigenvalue weighted by Crippen LogP contribution is -2.32. The summed E-state index contributed by atoms with van der Waals surface area (Å²) in [5, 5.41) is 0. The molecule has 0 saturated carbocycles. The Morgan fingerprint density at radius 3 is 2.43 bits per heavy atom. The third-order valence-electron chi connectivity index (χ3n) is 3.20. The van der Waals surface area contributed by atoms with E-state index in [-0.39, 0.29) is 5.91 Å². The van der Waals surface area contributed by atoms with Crippen molar-refractivity contribution in [2.75, 3.05) is 25.9 Å². The zero-order valence-electron chi connectivity index (χ0n) is 12.2. The highest BCUT2D eigenvalue weighted by atomic mass is 16.5. The number of ether oxygens (including phenoxy) is 1. The van der Waals surface area contributed by atoms with Crippen molar-refractivity contribution in [1.29, 1.82) is 0 Å². The van der Waals surface area contributed by atoms with Crippen LogP contribution in [0.25, 0.3) is 0 Å². The van der Waals surface area contributed by atoms with E-state index >= 15 is 0 Å². The lowest BCUT2D eigenvalue weighted by Gasteiger charge is -2.17. The second-order valence-electron chi connectivity index (χ2n) is 4.90. The first kappa shape index (κ1) is 14.9. The molecule has 0 unspecified atom stereocenters. The van der Waals surface area contributed by atoms with Crippen LogP contribution in [-0.2, 0) is 11.2 Å². The van der Waals surface area contributed by atoms with E-state index in [0.717, 1.165) is 11.3 Å². The smallest absolute Gasteiger partial charge is 0.226 e. The highest BCUT2D eigenvalue weighted by Gasteiger charge is 2.09.